The summed E-state index contributed by atoms with van der Waals surface area (Å²) in [4.78, 5) is 42.3. The summed E-state index contributed by atoms with van der Waals surface area (Å²) in [6, 6.07) is 9.39. The maximum Gasteiger partial charge on any atom is 0.435 e. The zero-order valence-corrected chi connectivity index (χ0v) is 22.6. The van der Waals surface area contributed by atoms with E-state index in [9.17, 15) is 28.3 Å². The third kappa shape index (κ3) is 8.62. The second-order valence-electron chi connectivity index (χ2n) is 9.07. The van der Waals surface area contributed by atoms with Crippen molar-refractivity contribution in [3.8, 4) is 5.75 Å². The largest absolute Gasteiger partial charge is 0.448 e. The number of benzene rings is 2. The van der Waals surface area contributed by atoms with Gasteiger partial charge >= 0.3 is 12.7 Å². The third-order valence-corrected chi connectivity index (χ3v) is 6.39. The fourth-order valence-electron chi connectivity index (χ4n) is 3.94. The van der Waals surface area contributed by atoms with Crippen molar-refractivity contribution in [2.45, 2.75) is 57.9 Å². The molecule has 1 fully saturated rings. The van der Waals surface area contributed by atoms with Crippen LogP contribution in [0.1, 0.15) is 55.4 Å². The van der Waals surface area contributed by atoms with Crippen LogP contribution in [0.2, 0.25) is 5.02 Å². The summed E-state index contributed by atoms with van der Waals surface area (Å²) in [6.07, 6.45) is 0.624. The number of amides is 3. The Morgan fingerprint density at radius 3 is 2.55 bits per heavy atom. The Labute approximate surface area is 235 Å². The predicted octanol–water partition coefficient (Wildman–Crippen LogP) is 3.92. The number of nitrogens with two attached hydrogens (primary N) is 1. The third-order valence-electron chi connectivity index (χ3n) is 6.18. The molecular weight excluding hydrogens is 550 g/mol. The van der Waals surface area contributed by atoms with E-state index in [1.165, 1.54) is 11.0 Å². The first kappa shape index (κ1) is 30.8. The van der Waals surface area contributed by atoms with Crippen LogP contribution < -0.4 is 15.8 Å². The van der Waals surface area contributed by atoms with Crippen molar-refractivity contribution in [1.29, 1.82) is 0 Å². The van der Waals surface area contributed by atoms with Crippen LogP contribution in [0.3, 0.4) is 0 Å². The lowest BCUT2D eigenvalue weighted by atomic mass is 9.98. The monoisotopic (exact) mass is 580 g/mol. The molecule has 2 atom stereocenters. The van der Waals surface area contributed by atoms with E-state index in [2.05, 4.69) is 15.0 Å². The van der Waals surface area contributed by atoms with Crippen LogP contribution in [0.15, 0.2) is 47.5 Å². The van der Waals surface area contributed by atoms with Gasteiger partial charge in [-0.15, -0.1) is 0 Å². The average molecular weight is 581 g/mol. The van der Waals surface area contributed by atoms with Crippen molar-refractivity contribution in [1.82, 2.24) is 10.2 Å². The molecule has 2 aromatic rings. The number of amidine groups is 1. The lowest BCUT2D eigenvalue weighted by molar-refractivity contribution is -0.154. The fraction of sp³-hybridized carbons (Fsp3) is 0.407. The number of nitrogens with one attached hydrogen (secondary N) is 1. The fourth-order valence-corrected chi connectivity index (χ4v) is 4.18. The Morgan fingerprint density at radius 2 is 1.93 bits per heavy atom. The zero-order valence-electron chi connectivity index (χ0n) is 21.8. The van der Waals surface area contributed by atoms with Gasteiger partial charge in [0.25, 0.3) is 5.91 Å². The number of carbonyl (C=O) groups excluding carboxylic acids is 3. The molecule has 0 unspecified atom stereocenters. The molecule has 0 aromatic heterocycles. The van der Waals surface area contributed by atoms with Crippen LogP contribution in [0.25, 0.3) is 0 Å². The molecule has 2 aromatic carbocycles. The number of aliphatic imine (C=N–C) groups is 1. The second-order valence-corrected chi connectivity index (χ2v) is 9.51. The number of hydrogen-bond acceptors (Lipinski definition) is 6. The number of ether oxygens (including phenoxy) is 2. The molecule has 10 nitrogen and oxygen atoms in total. The quantitative estimate of drug-likeness (QED) is 0.196. The number of halogens is 3. The zero-order chi connectivity index (χ0) is 29.2. The summed E-state index contributed by atoms with van der Waals surface area (Å²) in [5.74, 6) is -1.48. The standard InChI is InChI=1S/C27H31ClF2N4O6/c1-2-3-4-11-39-27(38)33-23(31)17-7-5-16(6-8-17)15-32-24(36)21-9-10-34(21)25(37)22(35)18-12-19(28)14-20(13-18)40-26(29)30/h5-8,12-14,21-22,26,35H,2-4,9-11,15H2,1H3,(H,32,36)(H2,31,33,38)/t21-,22+/m0/s1. The summed E-state index contributed by atoms with van der Waals surface area (Å²) in [7, 11) is 0. The summed E-state index contributed by atoms with van der Waals surface area (Å²) in [6.45, 7) is -0.389. The Hall–Kier alpha value is -3.77. The number of carbonyl (C=O) groups is 3. The van der Waals surface area contributed by atoms with Gasteiger partial charge < -0.3 is 30.5 Å². The van der Waals surface area contributed by atoms with E-state index in [1.54, 1.807) is 24.3 Å². The van der Waals surface area contributed by atoms with Gasteiger partial charge in [-0.05, 0) is 42.2 Å². The van der Waals surface area contributed by atoms with Gasteiger partial charge in [-0.3, -0.25) is 9.59 Å². The van der Waals surface area contributed by atoms with E-state index in [0.29, 0.717) is 12.0 Å². The van der Waals surface area contributed by atoms with Crippen LogP contribution in [0, 0.1) is 0 Å². The Morgan fingerprint density at radius 1 is 1.20 bits per heavy atom. The van der Waals surface area contributed by atoms with Crippen LogP contribution >= 0.6 is 11.6 Å². The minimum atomic E-state index is -3.10. The van der Waals surface area contributed by atoms with Crippen molar-refractivity contribution in [2.24, 2.45) is 10.7 Å². The molecule has 13 heteroatoms. The molecule has 40 heavy (non-hydrogen) atoms. The molecule has 1 saturated heterocycles. The van der Waals surface area contributed by atoms with Crippen LogP contribution in [0.5, 0.6) is 5.75 Å². The Kier molecular flexibility index (Phi) is 11.2. The van der Waals surface area contributed by atoms with Gasteiger partial charge in [0.1, 0.15) is 17.6 Å². The minimum absolute atomic E-state index is 0.000657. The maximum absolute atomic E-state index is 12.8. The first-order valence-electron chi connectivity index (χ1n) is 12.7. The molecule has 0 radical (unpaired) electrons. The van der Waals surface area contributed by atoms with Crippen molar-refractivity contribution in [3.63, 3.8) is 0 Å². The highest BCUT2D eigenvalue weighted by atomic mass is 35.5. The molecule has 0 saturated carbocycles. The van der Waals surface area contributed by atoms with Gasteiger partial charge in [0.05, 0.1) is 6.61 Å². The molecular formula is C27H31ClF2N4O6. The average Bonchev–Trinajstić information content (AvgIpc) is 2.88. The van der Waals surface area contributed by atoms with Gasteiger partial charge in [-0.25, -0.2) is 4.79 Å². The first-order valence-corrected chi connectivity index (χ1v) is 13.1. The van der Waals surface area contributed by atoms with Gasteiger partial charge in [0.2, 0.25) is 5.91 Å². The van der Waals surface area contributed by atoms with Crippen LogP contribution in [-0.2, 0) is 20.9 Å². The van der Waals surface area contributed by atoms with E-state index < -0.39 is 36.7 Å². The molecule has 1 heterocycles. The van der Waals surface area contributed by atoms with Crippen LogP contribution in [0.4, 0.5) is 13.6 Å². The van der Waals surface area contributed by atoms with E-state index in [1.807, 2.05) is 6.92 Å². The van der Waals surface area contributed by atoms with E-state index in [-0.39, 0.29) is 41.9 Å². The molecule has 216 valence electrons. The number of nitrogens with zero attached hydrogens (tertiary/aromatic N) is 2. The molecule has 0 bridgehead atoms. The normalized spacial score (nSPS) is 15.8. The lowest BCUT2D eigenvalue weighted by Crippen LogP contribution is -2.59. The molecule has 1 aliphatic heterocycles. The number of likely N-dealkylation sites (tertiary alicyclic amines) is 1. The topological polar surface area (TPSA) is 144 Å². The lowest BCUT2D eigenvalue weighted by Gasteiger charge is -2.40. The van der Waals surface area contributed by atoms with E-state index >= 15 is 0 Å². The minimum Gasteiger partial charge on any atom is -0.448 e. The van der Waals surface area contributed by atoms with Crippen LogP contribution in [-0.4, -0.2) is 59.6 Å². The van der Waals surface area contributed by atoms with Gasteiger partial charge in [0.15, 0.2) is 6.10 Å². The highest BCUT2D eigenvalue weighted by molar-refractivity contribution is 6.30. The summed E-state index contributed by atoms with van der Waals surface area (Å²) < 4.78 is 34.4. The Balaban J connectivity index is 1.52. The van der Waals surface area contributed by atoms with Gasteiger partial charge in [0, 0.05) is 23.7 Å². The summed E-state index contributed by atoms with van der Waals surface area (Å²) >= 11 is 5.91. The number of unbranched alkanes of at least 4 members (excludes halogenated alkanes) is 2. The SMILES string of the molecule is CCCCCOC(=O)/N=C(\N)c1ccc(CNC(=O)[C@@H]2CCN2C(=O)[C@H](O)c2cc(Cl)cc(OC(F)F)c2)cc1. The van der Waals surface area contributed by atoms with E-state index in [0.717, 1.165) is 37.0 Å². The summed E-state index contributed by atoms with van der Waals surface area (Å²) in [5.41, 5.74) is 7.09. The molecule has 1 aliphatic rings. The molecule has 3 rings (SSSR count). The molecule has 3 amide bonds. The smallest absolute Gasteiger partial charge is 0.435 e. The number of aliphatic hydroxyl groups is 1. The van der Waals surface area contributed by atoms with Crippen molar-refractivity contribution >= 4 is 35.3 Å². The van der Waals surface area contributed by atoms with Gasteiger partial charge in [-0.2, -0.15) is 13.8 Å². The summed E-state index contributed by atoms with van der Waals surface area (Å²) in [5, 5.41) is 13.3. The highest BCUT2D eigenvalue weighted by Crippen LogP contribution is 2.29. The second kappa shape index (κ2) is 14.6. The number of alkyl halides is 2. The maximum atomic E-state index is 12.8. The highest BCUT2D eigenvalue weighted by Gasteiger charge is 2.40. The predicted molar refractivity (Wildman–Crippen MR) is 143 cm³/mol. The Bertz CT molecular complexity index is 1230. The van der Waals surface area contributed by atoms with Gasteiger partial charge in [-0.1, -0.05) is 55.6 Å². The number of rotatable bonds is 12. The van der Waals surface area contributed by atoms with Crippen molar-refractivity contribution in [2.75, 3.05) is 13.2 Å². The molecule has 0 aliphatic carbocycles. The first-order chi connectivity index (χ1) is 19.1. The van der Waals surface area contributed by atoms with Crippen molar-refractivity contribution in [3.05, 3.63) is 64.2 Å². The molecule has 0 spiro atoms. The number of hydrogen-bond donors (Lipinski definition) is 3. The van der Waals surface area contributed by atoms with E-state index in [4.69, 9.17) is 22.1 Å². The molecule has 4 N–H and O–H groups in total. The van der Waals surface area contributed by atoms with Crippen molar-refractivity contribution < 1.29 is 37.7 Å². The number of aliphatic hydroxyl groups excluding tert-OH is 1.